The topological polar surface area (TPSA) is 72.5 Å². The Labute approximate surface area is 146 Å². The van der Waals surface area contributed by atoms with Gasteiger partial charge >= 0.3 is 0 Å². The fourth-order valence-electron chi connectivity index (χ4n) is 3.30. The number of rotatable bonds is 4. The lowest BCUT2D eigenvalue weighted by Gasteiger charge is -2.23. The summed E-state index contributed by atoms with van der Waals surface area (Å²) in [6, 6.07) is 7.67. The average Bonchev–Trinajstić information content (AvgIpc) is 3.10. The smallest absolute Gasteiger partial charge is 0.257 e. The van der Waals surface area contributed by atoms with Crippen molar-refractivity contribution in [2.24, 2.45) is 0 Å². The molecule has 4 rings (SSSR count). The van der Waals surface area contributed by atoms with Crippen LogP contribution in [0.1, 0.15) is 42.5 Å². The van der Waals surface area contributed by atoms with Gasteiger partial charge in [0.2, 0.25) is 6.79 Å². The Morgan fingerprint density at radius 2 is 1.84 bits per heavy atom. The highest BCUT2D eigenvalue weighted by molar-refractivity contribution is 6.04. The van der Waals surface area contributed by atoms with Gasteiger partial charge in [-0.1, -0.05) is 19.3 Å². The van der Waals surface area contributed by atoms with Crippen LogP contribution in [0.5, 0.6) is 11.5 Å². The lowest BCUT2D eigenvalue weighted by Crippen LogP contribution is -2.22. The number of aromatic nitrogens is 1. The summed E-state index contributed by atoms with van der Waals surface area (Å²) in [5.74, 6) is 1.14. The van der Waals surface area contributed by atoms with Crippen molar-refractivity contribution in [2.45, 2.75) is 38.1 Å². The SMILES string of the molecule is O=C(Nc1ccc2c(c1)OCO2)c1cncc(NC2CCCCC2)c1. The van der Waals surface area contributed by atoms with Crippen LogP contribution in [-0.2, 0) is 0 Å². The van der Waals surface area contributed by atoms with Gasteiger partial charge in [0.25, 0.3) is 5.91 Å². The highest BCUT2D eigenvalue weighted by atomic mass is 16.7. The number of amides is 1. The number of nitrogens with zero attached hydrogens (tertiary/aromatic N) is 1. The number of nitrogens with one attached hydrogen (secondary N) is 2. The number of carbonyl (C=O) groups is 1. The van der Waals surface area contributed by atoms with Crippen LogP contribution in [-0.4, -0.2) is 23.7 Å². The number of pyridine rings is 1. The van der Waals surface area contributed by atoms with Crippen LogP contribution in [0, 0.1) is 0 Å². The first-order valence-electron chi connectivity index (χ1n) is 8.70. The Kier molecular flexibility index (Phi) is 4.41. The molecule has 0 bridgehead atoms. The lowest BCUT2D eigenvalue weighted by molar-refractivity contribution is 0.102. The standard InChI is InChI=1S/C19H21N3O3/c23-19(22-15-6-7-17-18(9-15)25-12-24-17)13-8-16(11-20-10-13)21-14-4-2-1-3-5-14/h6-11,14,21H,1-5,12H2,(H,22,23). The number of hydrogen-bond donors (Lipinski definition) is 2. The third kappa shape index (κ3) is 3.68. The molecule has 1 aromatic carbocycles. The first-order valence-corrected chi connectivity index (χ1v) is 8.70. The van der Waals surface area contributed by atoms with Gasteiger partial charge in [-0.3, -0.25) is 9.78 Å². The maximum absolute atomic E-state index is 12.5. The van der Waals surface area contributed by atoms with E-state index in [1.54, 1.807) is 30.6 Å². The summed E-state index contributed by atoms with van der Waals surface area (Å²) < 4.78 is 10.6. The zero-order chi connectivity index (χ0) is 17.1. The Bertz CT molecular complexity index is 772. The van der Waals surface area contributed by atoms with E-state index in [-0.39, 0.29) is 12.7 Å². The van der Waals surface area contributed by atoms with Gasteiger partial charge < -0.3 is 20.1 Å². The third-order valence-electron chi connectivity index (χ3n) is 4.61. The van der Waals surface area contributed by atoms with Gasteiger partial charge in [-0.05, 0) is 31.0 Å². The van der Waals surface area contributed by atoms with E-state index in [1.165, 1.54) is 32.1 Å². The Hall–Kier alpha value is -2.76. The second-order valence-corrected chi connectivity index (χ2v) is 6.46. The summed E-state index contributed by atoms with van der Waals surface area (Å²) in [5.41, 5.74) is 2.09. The average molecular weight is 339 g/mol. The molecule has 1 amide bonds. The molecule has 0 spiro atoms. The summed E-state index contributed by atoms with van der Waals surface area (Å²) in [5, 5.41) is 6.37. The molecule has 0 atom stereocenters. The zero-order valence-electron chi connectivity index (χ0n) is 14.0. The molecule has 2 heterocycles. The van der Waals surface area contributed by atoms with Crippen LogP contribution in [0.15, 0.2) is 36.7 Å². The van der Waals surface area contributed by atoms with E-state index >= 15 is 0 Å². The highest BCUT2D eigenvalue weighted by Crippen LogP contribution is 2.34. The molecule has 1 fully saturated rings. The fraction of sp³-hybridized carbons (Fsp3) is 0.368. The number of hydrogen-bond acceptors (Lipinski definition) is 5. The van der Waals surface area contributed by atoms with Crippen LogP contribution in [0.3, 0.4) is 0 Å². The van der Waals surface area contributed by atoms with Crippen molar-refractivity contribution in [2.75, 3.05) is 17.4 Å². The third-order valence-corrected chi connectivity index (χ3v) is 4.61. The van der Waals surface area contributed by atoms with Gasteiger partial charge in [-0.15, -0.1) is 0 Å². The highest BCUT2D eigenvalue weighted by Gasteiger charge is 2.16. The maximum atomic E-state index is 12.5. The summed E-state index contributed by atoms with van der Waals surface area (Å²) in [4.78, 5) is 16.7. The second kappa shape index (κ2) is 7.01. The van der Waals surface area contributed by atoms with Crippen molar-refractivity contribution in [3.05, 3.63) is 42.2 Å². The van der Waals surface area contributed by atoms with Gasteiger partial charge in [0.1, 0.15) is 0 Å². The minimum Gasteiger partial charge on any atom is -0.454 e. The van der Waals surface area contributed by atoms with Crippen LogP contribution in [0.2, 0.25) is 0 Å². The maximum Gasteiger partial charge on any atom is 0.257 e. The van der Waals surface area contributed by atoms with Gasteiger partial charge in [-0.2, -0.15) is 0 Å². The van der Waals surface area contributed by atoms with Crippen molar-refractivity contribution in [1.82, 2.24) is 4.98 Å². The molecule has 0 unspecified atom stereocenters. The Morgan fingerprint density at radius 1 is 1.00 bits per heavy atom. The summed E-state index contributed by atoms with van der Waals surface area (Å²) >= 11 is 0. The van der Waals surface area contributed by atoms with E-state index in [0.717, 1.165) is 5.69 Å². The van der Waals surface area contributed by atoms with E-state index < -0.39 is 0 Å². The quantitative estimate of drug-likeness (QED) is 0.886. The van der Waals surface area contributed by atoms with Crippen LogP contribution in [0.25, 0.3) is 0 Å². The molecule has 1 aromatic heterocycles. The molecule has 6 nitrogen and oxygen atoms in total. The lowest BCUT2D eigenvalue weighted by atomic mass is 9.95. The number of anilines is 2. The van der Waals surface area contributed by atoms with Crippen molar-refractivity contribution in [3.63, 3.8) is 0 Å². The molecule has 1 aliphatic heterocycles. The molecular weight excluding hydrogens is 318 g/mol. The first kappa shape index (κ1) is 15.7. The Balaban J connectivity index is 1.43. The van der Waals surface area contributed by atoms with Crippen molar-refractivity contribution >= 4 is 17.3 Å². The Morgan fingerprint density at radius 3 is 2.72 bits per heavy atom. The normalized spacial score (nSPS) is 16.5. The van der Waals surface area contributed by atoms with Crippen LogP contribution < -0.4 is 20.1 Å². The van der Waals surface area contributed by atoms with E-state index in [1.807, 2.05) is 6.07 Å². The molecule has 6 heteroatoms. The fourth-order valence-corrected chi connectivity index (χ4v) is 3.30. The largest absolute Gasteiger partial charge is 0.454 e. The molecule has 130 valence electrons. The monoisotopic (exact) mass is 339 g/mol. The van der Waals surface area contributed by atoms with Gasteiger partial charge in [0, 0.05) is 30.2 Å². The molecule has 2 aromatic rings. The van der Waals surface area contributed by atoms with Crippen LogP contribution in [0.4, 0.5) is 11.4 Å². The molecule has 1 saturated carbocycles. The molecular formula is C19H21N3O3. The molecule has 0 saturated heterocycles. The van der Waals surface area contributed by atoms with E-state index in [0.29, 0.717) is 28.8 Å². The minimum absolute atomic E-state index is 0.196. The predicted molar refractivity (Wildman–Crippen MR) is 95.3 cm³/mol. The van der Waals surface area contributed by atoms with Crippen molar-refractivity contribution in [1.29, 1.82) is 0 Å². The number of carbonyl (C=O) groups excluding carboxylic acids is 1. The summed E-state index contributed by atoms with van der Waals surface area (Å²) in [7, 11) is 0. The van der Waals surface area contributed by atoms with Gasteiger partial charge in [-0.25, -0.2) is 0 Å². The van der Waals surface area contributed by atoms with E-state index in [4.69, 9.17) is 9.47 Å². The van der Waals surface area contributed by atoms with Crippen molar-refractivity contribution in [3.8, 4) is 11.5 Å². The molecule has 2 aliphatic rings. The molecule has 2 N–H and O–H groups in total. The number of benzene rings is 1. The van der Waals surface area contributed by atoms with Gasteiger partial charge in [0.05, 0.1) is 11.3 Å². The molecule has 1 aliphatic carbocycles. The predicted octanol–water partition coefficient (Wildman–Crippen LogP) is 3.81. The zero-order valence-corrected chi connectivity index (χ0v) is 14.0. The molecule has 25 heavy (non-hydrogen) atoms. The first-order chi connectivity index (χ1) is 12.3. The number of ether oxygens (including phenoxy) is 2. The van der Waals surface area contributed by atoms with Crippen molar-refractivity contribution < 1.29 is 14.3 Å². The van der Waals surface area contributed by atoms with E-state index in [2.05, 4.69) is 15.6 Å². The van der Waals surface area contributed by atoms with Gasteiger partial charge in [0.15, 0.2) is 11.5 Å². The van der Waals surface area contributed by atoms with E-state index in [9.17, 15) is 4.79 Å². The minimum atomic E-state index is -0.196. The molecule has 0 radical (unpaired) electrons. The van der Waals surface area contributed by atoms with Crippen LogP contribution >= 0.6 is 0 Å². The summed E-state index contributed by atoms with van der Waals surface area (Å²) in [6.07, 6.45) is 9.53. The number of fused-ring (bicyclic) bond motifs is 1. The summed E-state index contributed by atoms with van der Waals surface area (Å²) in [6.45, 7) is 0.214. The second-order valence-electron chi connectivity index (χ2n) is 6.46.